The molecule has 0 N–H and O–H groups in total. The van der Waals surface area contributed by atoms with Gasteiger partial charge in [0.2, 0.25) is 5.75 Å². The minimum Gasteiger partial charge on any atom is -0.357 e. The summed E-state index contributed by atoms with van der Waals surface area (Å²) in [5, 5.41) is 14.1. The third kappa shape index (κ3) is 3.60. The summed E-state index contributed by atoms with van der Waals surface area (Å²) in [5.41, 5.74) is 1.79. The number of para-hydroxylation sites is 1. The lowest BCUT2D eigenvalue weighted by Crippen LogP contribution is -2.34. The van der Waals surface area contributed by atoms with Gasteiger partial charge in [-0.2, -0.15) is 0 Å². The highest BCUT2D eigenvalue weighted by atomic mass is 35.5. The minimum atomic E-state index is -0.0150. The van der Waals surface area contributed by atoms with Crippen molar-refractivity contribution in [3.05, 3.63) is 64.1 Å². The summed E-state index contributed by atoms with van der Waals surface area (Å²) >= 11 is 12.1. The summed E-state index contributed by atoms with van der Waals surface area (Å²) in [6, 6.07) is 15.2. The quantitative estimate of drug-likeness (QED) is 0.542. The number of benzene rings is 2. The molecular formula is C21H19Cl2N2O. The van der Waals surface area contributed by atoms with Crippen molar-refractivity contribution >= 4 is 39.9 Å². The zero-order chi connectivity index (χ0) is 18.1. The van der Waals surface area contributed by atoms with Crippen molar-refractivity contribution in [2.75, 3.05) is 18.0 Å². The van der Waals surface area contributed by atoms with Gasteiger partial charge < -0.3 is 4.90 Å². The van der Waals surface area contributed by atoms with E-state index in [-0.39, 0.29) is 5.75 Å². The molecule has 0 amide bonds. The standard InChI is InChI=1S/C21H19Cl2N2O/c22-17-6-4-15(13-18(17)23)12-14-8-10-25(11-9-14)20-7-5-16-2-1-3-19(26)21(16)24-20/h1-7,13-14H,8-12H2. The molecule has 5 heteroatoms. The molecule has 1 aromatic heterocycles. The van der Waals surface area contributed by atoms with E-state index >= 15 is 0 Å². The number of anilines is 1. The number of piperidine rings is 1. The first-order valence-electron chi connectivity index (χ1n) is 8.86. The van der Waals surface area contributed by atoms with Crippen molar-refractivity contribution in [2.24, 2.45) is 5.92 Å². The van der Waals surface area contributed by atoms with Crippen LogP contribution < -0.4 is 4.90 Å². The molecule has 1 fully saturated rings. The maximum atomic E-state index is 12.0. The van der Waals surface area contributed by atoms with Crippen LogP contribution in [0.4, 0.5) is 5.82 Å². The van der Waals surface area contributed by atoms with Gasteiger partial charge in [0.05, 0.1) is 10.0 Å². The molecule has 1 radical (unpaired) electrons. The fraction of sp³-hybridized carbons (Fsp3) is 0.286. The summed E-state index contributed by atoms with van der Waals surface area (Å²) in [6.45, 7) is 1.90. The Bertz CT molecular complexity index is 936. The van der Waals surface area contributed by atoms with Gasteiger partial charge in [-0.05, 0) is 61.1 Å². The van der Waals surface area contributed by atoms with Crippen molar-refractivity contribution < 1.29 is 5.11 Å². The minimum absolute atomic E-state index is 0.0150. The van der Waals surface area contributed by atoms with Crippen LogP contribution in [0.5, 0.6) is 5.75 Å². The normalized spacial score (nSPS) is 15.5. The van der Waals surface area contributed by atoms with Crippen LogP contribution in [0.25, 0.3) is 10.9 Å². The predicted octanol–water partition coefficient (Wildman–Crippen LogP) is 6.14. The molecule has 0 aliphatic carbocycles. The van der Waals surface area contributed by atoms with E-state index in [0.717, 1.165) is 43.6 Å². The molecule has 2 aromatic carbocycles. The summed E-state index contributed by atoms with van der Waals surface area (Å²) in [5.74, 6) is 1.51. The Morgan fingerprint density at radius 1 is 1.00 bits per heavy atom. The highest BCUT2D eigenvalue weighted by Crippen LogP contribution is 2.30. The van der Waals surface area contributed by atoms with E-state index in [2.05, 4.69) is 16.0 Å². The van der Waals surface area contributed by atoms with E-state index in [1.54, 1.807) is 12.1 Å². The Labute approximate surface area is 163 Å². The molecule has 1 aliphatic heterocycles. The van der Waals surface area contributed by atoms with Gasteiger partial charge in [0, 0.05) is 18.5 Å². The molecule has 26 heavy (non-hydrogen) atoms. The average molecular weight is 386 g/mol. The van der Waals surface area contributed by atoms with Crippen molar-refractivity contribution in [1.82, 2.24) is 4.98 Å². The zero-order valence-electron chi connectivity index (χ0n) is 14.3. The summed E-state index contributed by atoms with van der Waals surface area (Å²) in [6.07, 6.45) is 3.21. The fourth-order valence-corrected chi connectivity index (χ4v) is 3.97. The fourth-order valence-electron chi connectivity index (χ4n) is 3.65. The zero-order valence-corrected chi connectivity index (χ0v) is 15.8. The topological polar surface area (TPSA) is 36.0 Å². The molecule has 0 spiro atoms. The van der Waals surface area contributed by atoms with E-state index in [0.29, 0.717) is 21.5 Å². The summed E-state index contributed by atoms with van der Waals surface area (Å²) in [7, 11) is 0. The van der Waals surface area contributed by atoms with Crippen molar-refractivity contribution in [2.45, 2.75) is 19.3 Å². The van der Waals surface area contributed by atoms with Crippen molar-refractivity contribution in [3.63, 3.8) is 0 Å². The van der Waals surface area contributed by atoms with E-state index < -0.39 is 0 Å². The largest absolute Gasteiger partial charge is 0.357 e. The highest BCUT2D eigenvalue weighted by molar-refractivity contribution is 6.42. The van der Waals surface area contributed by atoms with Gasteiger partial charge in [-0.3, -0.25) is 5.11 Å². The Hall–Kier alpha value is -1.97. The van der Waals surface area contributed by atoms with Gasteiger partial charge in [-0.15, -0.1) is 0 Å². The van der Waals surface area contributed by atoms with Crippen molar-refractivity contribution in [1.29, 1.82) is 0 Å². The van der Waals surface area contributed by atoms with Crippen LogP contribution in [0.2, 0.25) is 10.0 Å². The molecule has 0 saturated carbocycles. The van der Waals surface area contributed by atoms with Gasteiger partial charge >= 0.3 is 0 Å². The monoisotopic (exact) mass is 385 g/mol. The first-order valence-corrected chi connectivity index (χ1v) is 9.61. The number of fused-ring (bicyclic) bond motifs is 1. The second-order valence-corrected chi connectivity index (χ2v) is 7.69. The molecular weight excluding hydrogens is 367 g/mol. The Kier molecular flexibility index (Phi) is 4.92. The molecule has 133 valence electrons. The van der Waals surface area contributed by atoms with Gasteiger partial charge in [0.15, 0.2) is 0 Å². The maximum Gasteiger partial charge on any atom is 0.204 e. The Balaban J connectivity index is 1.43. The number of aromatic nitrogens is 1. The molecule has 3 aromatic rings. The van der Waals surface area contributed by atoms with Crippen LogP contribution in [-0.2, 0) is 11.5 Å². The van der Waals surface area contributed by atoms with E-state index in [9.17, 15) is 5.11 Å². The molecule has 2 heterocycles. The number of rotatable bonds is 3. The van der Waals surface area contributed by atoms with Gasteiger partial charge in [0.25, 0.3) is 0 Å². The van der Waals surface area contributed by atoms with Crippen molar-refractivity contribution in [3.8, 4) is 5.75 Å². The number of pyridine rings is 1. The SMILES string of the molecule is [O]c1cccc2ccc(N3CCC(Cc4ccc(Cl)c(Cl)c4)CC3)nc12. The lowest BCUT2D eigenvalue weighted by molar-refractivity contribution is 0.359. The van der Waals surface area contributed by atoms with Crippen LogP contribution in [0, 0.1) is 5.92 Å². The number of hydrogen-bond acceptors (Lipinski definition) is 2. The second kappa shape index (κ2) is 7.34. The third-order valence-corrected chi connectivity index (χ3v) is 5.85. The van der Waals surface area contributed by atoms with E-state index in [1.807, 2.05) is 30.3 Å². The molecule has 4 rings (SSSR count). The molecule has 1 aliphatic rings. The van der Waals surface area contributed by atoms with Gasteiger partial charge in [-0.25, -0.2) is 4.98 Å². The summed E-state index contributed by atoms with van der Waals surface area (Å²) in [4.78, 5) is 6.89. The molecule has 0 bridgehead atoms. The number of halogens is 2. The van der Waals surface area contributed by atoms with Gasteiger partial charge in [0.1, 0.15) is 11.3 Å². The van der Waals surface area contributed by atoms with Crippen LogP contribution in [0.15, 0.2) is 48.5 Å². The van der Waals surface area contributed by atoms with Crippen LogP contribution >= 0.6 is 23.2 Å². The number of nitrogens with zero attached hydrogens (tertiary/aromatic N) is 2. The van der Waals surface area contributed by atoms with E-state index in [1.165, 1.54) is 5.56 Å². The molecule has 0 unspecified atom stereocenters. The lowest BCUT2D eigenvalue weighted by Gasteiger charge is -2.33. The average Bonchev–Trinajstić information content (AvgIpc) is 2.66. The Morgan fingerprint density at radius 2 is 1.81 bits per heavy atom. The predicted molar refractivity (Wildman–Crippen MR) is 107 cm³/mol. The van der Waals surface area contributed by atoms with Crippen LogP contribution in [0.3, 0.4) is 0 Å². The van der Waals surface area contributed by atoms with Crippen LogP contribution in [0.1, 0.15) is 18.4 Å². The maximum absolute atomic E-state index is 12.0. The first kappa shape index (κ1) is 17.4. The third-order valence-electron chi connectivity index (χ3n) is 5.12. The Morgan fingerprint density at radius 3 is 2.58 bits per heavy atom. The smallest absolute Gasteiger partial charge is 0.204 e. The molecule has 3 nitrogen and oxygen atoms in total. The highest BCUT2D eigenvalue weighted by Gasteiger charge is 2.21. The lowest BCUT2D eigenvalue weighted by atomic mass is 9.90. The molecule has 1 saturated heterocycles. The van der Waals surface area contributed by atoms with Gasteiger partial charge in [-0.1, -0.05) is 41.4 Å². The summed E-state index contributed by atoms with van der Waals surface area (Å²) < 4.78 is 0. The van der Waals surface area contributed by atoms with Crippen LogP contribution in [-0.4, -0.2) is 18.1 Å². The second-order valence-electron chi connectivity index (χ2n) is 6.88. The van der Waals surface area contributed by atoms with E-state index in [4.69, 9.17) is 23.2 Å². The molecule has 0 atom stereocenters. The number of hydrogen-bond donors (Lipinski definition) is 0. The first-order chi connectivity index (χ1) is 12.6.